The third-order valence-electron chi connectivity index (χ3n) is 6.58. The first-order valence-electron chi connectivity index (χ1n) is 12.4. The van der Waals surface area contributed by atoms with Gasteiger partial charge in [-0.2, -0.15) is 13.2 Å². The zero-order valence-corrected chi connectivity index (χ0v) is 21.1. The number of nitrogens with zero attached hydrogens (tertiary/aromatic N) is 3. The van der Waals surface area contributed by atoms with Crippen LogP contribution in [0.1, 0.15) is 81.5 Å². The molecule has 1 amide bonds. The number of carboxylic acids is 1. The van der Waals surface area contributed by atoms with Crippen LogP contribution in [-0.4, -0.2) is 31.9 Å². The summed E-state index contributed by atoms with van der Waals surface area (Å²) in [4.78, 5) is 34.6. The van der Waals surface area contributed by atoms with Crippen LogP contribution in [0.25, 0.3) is 0 Å². The number of aromatic nitrogens is 2. The first kappa shape index (κ1) is 27.3. The van der Waals surface area contributed by atoms with Crippen molar-refractivity contribution >= 4 is 11.9 Å². The highest BCUT2D eigenvalue weighted by Gasteiger charge is 2.33. The van der Waals surface area contributed by atoms with Crippen LogP contribution in [0.4, 0.5) is 13.2 Å². The van der Waals surface area contributed by atoms with Crippen molar-refractivity contribution in [2.45, 2.75) is 58.5 Å². The number of halogens is 3. The number of hydrogen-bond acceptors (Lipinski definition) is 5. The molecule has 3 heterocycles. The van der Waals surface area contributed by atoms with E-state index in [4.69, 9.17) is 5.11 Å². The molecular weight excluding hydrogens is 497 g/mol. The Bertz CT molecular complexity index is 1290. The summed E-state index contributed by atoms with van der Waals surface area (Å²) in [5.41, 5.74) is 2.89. The van der Waals surface area contributed by atoms with Crippen LogP contribution >= 0.6 is 0 Å². The van der Waals surface area contributed by atoms with Crippen molar-refractivity contribution in [3.63, 3.8) is 0 Å². The number of benzene rings is 1. The lowest BCUT2D eigenvalue weighted by molar-refractivity contribution is -0.137. The minimum Gasteiger partial charge on any atom is -0.478 e. The zero-order chi connectivity index (χ0) is 27.4. The number of rotatable bonds is 9. The van der Waals surface area contributed by atoms with E-state index in [9.17, 15) is 22.8 Å². The highest BCUT2D eigenvalue weighted by atomic mass is 19.4. The number of nitrogens with one attached hydrogen (secondary N) is 1. The van der Waals surface area contributed by atoms with Crippen LogP contribution in [0, 0.1) is 5.92 Å². The van der Waals surface area contributed by atoms with E-state index in [0.717, 1.165) is 41.8 Å². The lowest BCUT2D eigenvalue weighted by Gasteiger charge is -2.25. The Kier molecular flexibility index (Phi) is 8.11. The number of aromatic carboxylic acids is 1. The molecule has 4 rings (SSSR count). The van der Waals surface area contributed by atoms with Gasteiger partial charge in [0.05, 0.1) is 40.7 Å². The molecule has 0 bridgehead atoms. The molecule has 2 N–H and O–H groups in total. The van der Waals surface area contributed by atoms with Crippen LogP contribution in [0.15, 0.2) is 54.9 Å². The van der Waals surface area contributed by atoms with E-state index in [-0.39, 0.29) is 24.1 Å². The van der Waals surface area contributed by atoms with Crippen molar-refractivity contribution in [1.82, 2.24) is 20.2 Å². The van der Waals surface area contributed by atoms with E-state index < -0.39 is 17.7 Å². The third-order valence-corrected chi connectivity index (χ3v) is 6.58. The standard InChI is InChI=1S/C28H29F3N4O3/c1-17(2)3-10-24-25-21(16-35(24)15-18-4-7-22(8-5-18)28(29,30)31)11-20(13-33-25)26(36)34-14-23-9-6-19(12-32-23)27(37)38/h4-9,11-13,17,24H,3,10,14-16H2,1-2H3,(H,34,36)(H,37,38). The molecule has 0 aliphatic carbocycles. The summed E-state index contributed by atoms with van der Waals surface area (Å²) < 4.78 is 38.9. The Morgan fingerprint density at radius 3 is 2.39 bits per heavy atom. The Balaban J connectivity index is 1.47. The molecule has 0 saturated heterocycles. The van der Waals surface area contributed by atoms with Crippen LogP contribution in [0.3, 0.4) is 0 Å². The monoisotopic (exact) mass is 526 g/mol. The second-order valence-corrected chi connectivity index (χ2v) is 9.88. The maximum atomic E-state index is 13.0. The number of hydrogen-bond donors (Lipinski definition) is 2. The number of carboxylic acid groups (broad SMARTS) is 1. The molecular formula is C28H29F3N4O3. The van der Waals surface area contributed by atoms with Gasteiger partial charge in [-0.1, -0.05) is 26.0 Å². The van der Waals surface area contributed by atoms with Gasteiger partial charge in [0.25, 0.3) is 5.91 Å². The van der Waals surface area contributed by atoms with E-state index in [1.807, 2.05) is 6.07 Å². The first-order valence-corrected chi connectivity index (χ1v) is 12.4. The molecule has 0 radical (unpaired) electrons. The average molecular weight is 527 g/mol. The fraction of sp³-hybridized carbons (Fsp3) is 0.357. The Morgan fingerprint density at radius 1 is 1.08 bits per heavy atom. The maximum Gasteiger partial charge on any atom is 0.416 e. The molecule has 0 fully saturated rings. The van der Waals surface area contributed by atoms with Gasteiger partial charge in [0.1, 0.15) is 0 Å². The van der Waals surface area contributed by atoms with Crippen molar-refractivity contribution in [1.29, 1.82) is 0 Å². The molecule has 1 aromatic carbocycles. The summed E-state index contributed by atoms with van der Waals surface area (Å²) in [6.45, 7) is 5.41. The zero-order valence-electron chi connectivity index (χ0n) is 21.1. The quantitative estimate of drug-likeness (QED) is 0.376. The predicted molar refractivity (Wildman–Crippen MR) is 134 cm³/mol. The van der Waals surface area contributed by atoms with Gasteiger partial charge in [0, 0.05) is 25.5 Å². The molecule has 1 aliphatic heterocycles. The topological polar surface area (TPSA) is 95.4 Å². The molecule has 1 atom stereocenters. The van der Waals surface area contributed by atoms with Crippen LogP contribution in [-0.2, 0) is 25.8 Å². The summed E-state index contributed by atoms with van der Waals surface area (Å²) in [6.07, 6.45) is 0.219. The largest absolute Gasteiger partial charge is 0.478 e. The van der Waals surface area contributed by atoms with Crippen LogP contribution < -0.4 is 5.32 Å². The minimum absolute atomic E-state index is 0.00348. The second kappa shape index (κ2) is 11.3. The lowest BCUT2D eigenvalue weighted by atomic mass is 10.00. The second-order valence-electron chi connectivity index (χ2n) is 9.88. The Labute approximate surface area is 218 Å². The molecule has 10 heteroatoms. The third kappa shape index (κ3) is 6.55. The molecule has 3 aromatic rings. The molecule has 0 spiro atoms. The molecule has 1 aliphatic rings. The maximum absolute atomic E-state index is 13.0. The number of alkyl halides is 3. The van der Waals surface area contributed by atoms with E-state index >= 15 is 0 Å². The number of pyridine rings is 2. The summed E-state index contributed by atoms with van der Waals surface area (Å²) in [7, 11) is 0. The van der Waals surface area contributed by atoms with Crippen molar-refractivity contribution in [2.24, 2.45) is 5.92 Å². The van der Waals surface area contributed by atoms with E-state index in [2.05, 4.69) is 34.0 Å². The molecule has 38 heavy (non-hydrogen) atoms. The normalized spacial score (nSPS) is 15.5. The first-order chi connectivity index (χ1) is 18.0. The molecule has 200 valence electrons. The van der Waals surface area contributed by atoms with Gasteiger partial charge in [0.2, 0.25) is 0 Å². The van der Waals surface area contributed by atoms with Crippen molar-refractivity contribution in [3.8, 4) is 0 Å². The van der Waals surface area contributed by atoms with E-state index in [1.54, 1.807) is 12.3 Å². The highest BCUT2D eigenvalue weighted by Crippen LogP contribution is 2.38. The fourth-order valence-electron chi connectivity index (χ4n) is 4.51. The van der Waals surface area contributed by atoms with Gasteiger partial charge in [-0.05, 0) is 60.2 Å². The molecule has 2 aromatic heterocycles. The SMILES string of the molecule is CC(C)CCC1c2ncc(C(=O)NCc3ccc(C(=O)O)cn3)cc2CN1Cc1ccc(C(F)(F)F)cc1. The van der Waals surface area contributed by atoms with Crippen molar-refractivity contribution < 1.29 is 27.9 Å². The summed E-state index contributed by atoms with van der Waals surface area (Å²) in [5, 5.41) is 11.8. The average Bonchev–Trinajstić information content (AvgIpc) is 3.21. The van der Waals surface area contributed by atoms with Gasteiger partial charge in [-0.3, -0.25) is 19.7 Å². The molecule has 7 nitrogen and oxygen atoms in total. The summed E-state index contributed by atoms with van der Waals surface area (Å²) in [6, 6.07) is 10.0. The van der Waals surface area contributed by atoms with E-state index in [1.165, 1.54) is 24.4 Å². The summed E-state index contributed by atoms with van der Waals surface area (Å²) in [5.74, 6) is -0.920. The highest BCUT2D eigenvalue weighted by molar-refractivity contribution is 5.94. The van der Waals surface area contributed by atoms with Gasteiger partial charge in [-0.25, -0.2) is 4.79 Å². The molecule has 1 unspecified atom stereocenters. The fourth-order valence-corrected chi connectivity index (χ4v) is 4.51. The van der Waals surface area contributed by atoms with Gasteiger partial charge in [0.15, 0.2) is 0 Å². The number of fused-ring (bicyclic) bond motifs is 1. The van der Waals surface area contributed by atoms with Gasteiger partial charge < -0.3 is 10.4 Å². The minimum atomic E-state index is -4.37. The Morgan fingerprint density at radius 2 is 1.79 bits per heavy atom. The smallest absolute Gasteiger partial charge is 0.416 e. The molecule has 0 saturated carbocycles. The number of amides is 1. The van der Waals surface area contributed by atoms with Crippen molar-refractivity contribution in [2.75, 3.05) is 0 Å². The van der Waals surface area contributed by atoms with Crippen molar-refractivity contribution in [3.05, 3.63) is 94.1 Å². The predicted octanol–water partition coefficient (Wildman–Crippen LogP) is 5.62. The van der Waals surface area contributed by atoms with E-state index in [0.29, 0.717) is 30.3 Å². The van der Waals surface area contributed by atoms with Crippen LogP contribution in [0.5, 0.6) is 0 Å². The number of carbonyl (C=O) groups is 2. The lowest BCUT2D eigenvalue weighted by Crippen LogP contribution is -2.23. The van der Waals surface area contributed by atoms with Crippen LogP contribution in [0.2, 0.25) is 0 Å². The van der Waals surface area contributed by atoms with Gasteiger partial charge >= 0.3 is 12.1 Å². The summed E-state index contributed by atoms with van der Waals surface area (Å²) >= 11 is 0. The Hall–Kier alpha value is -3.79. The van der Waals surface area contributed by atoms with Gasteiger partial charge in [-0.15, -0.1) is 0 Å². The number of carbonyl (C=O) groups excluding carboxylic acids is 1.